The highest BCUT2D eigenvalue weighted by Gasteiger charge is 2.46. The third kappa shape index (κ3) is 4.01. The number of H-pyrrole nitrogens is 1. The highest BCUT2D eigenvalue weighted by molar-refractivity contribution is 6.82. The Morgan fingerprint density at radius 1 is 0.935 bits per heavy atom. The van der Waals surface area contributed by atoms with Crippen LogP contribution in [0.5, 0.6) is 0 Å². The first-order chi connectivity index (χ1) is 14.6. The molecule has 0 bridgehead atoms. The molecule has 0 spiro atoms. The Hall–Kier alpha value is -2.25. The topological polar surface area (TPSA) is 46.5 Å². The molecule has 0 aliphatic rings. The molecule has 0 fully saturated rings. The van der Waals surface area contributed by atoms with Crippen molar-refractivity contribution in [3.8, 4) is 0 Å². The van der Waals surface area contributed by atoms with Crippen molar-refractivity contribution in [1.82, 2.24) is 19.2 Å². The summed E-state index contributed by atoms with van der Waals surface area (Å²) in [6, 6.07) is 4.92. The zero-order chi connectivity index (χ0) is 22.9. The number of pyridine rings is 2. The van der Waals surface area contributed by atoms with E-state index < -0.39 is 14.1 Å². The van der Waals surface area contributed by atoms with Crippen LogP contribution in [0.4, 0.5) is 8.78 Å². The highest BCUT2D eigenvalue weighted by atomic mass is 35.5. The molecule has 0 aliphatic heterocycles. The van der Waals surface area contributed by atoms with Crippen LogP contribution in [0.2, 0.25) is 21.6 Å². The molecule has 4 aromatic rings. The van der Waals surface area contributed by atoms with Crippen LogP contribution in [0.3, 0.4) is 0 Å². The average Bonchev–Trinajstić information content (AvgIpc) is 3.34. The van der Waals surface area contributed by atoms with Crippen molar-refractivity contribution in [2.75, 3.05) is 0 Å². The Labute approximate surface area is 187 Å². The first-order valence-corrected chi connectivity index (χ1v) is 13.1. The normalized spacial score (nSPS) is 12.3. The van der Waals surface area contributed by atoms with E-state index in [0.29, 0.717) is 33.0 Å². The van der Waals surface area contributed by atoms with Crippen LogP contribution in [-0.2, 0) is 0 Å². The van der Waals surface area contributed by atoms with Gasteiger partial charge in [-0.15, -0.1) is 0 Å². The molecule has 0 unspecified atom stereocenters. The molecular formula is C23H29ClF2N4Si. The molecule has 166 valence electrons. The summed E-state index contributed by atoms with van der Waals surface area (Å²) in [4.78, 5) is 11.1. The van der Waals surface area contributed by atoms with Crippen molar-refractivity contribution in [3.05, 3.63) is 59.6 Å². The number of nitrogens with zero attached hydrogens (tertiary/aromatic N) is 3. The Kier molecular flexibility index (Phi) is 6.86. The molecule has 0 saturated heterocycles. The van der Waals surface area contributed by atoms with Crippen LogP contribution < -0.4 is 0 Å². The van der Waals surface area contributed by atoms with Gasteiger partial charge in [0.25, 0.3) is 0 Å². The molecular weight excluding hydrogens is 434 g/mol. The van der Waals surface area contributed by atoms with Gasteiger partial charge in [-0.25, -0.2) is 18.7 Å². The molecule has 0 radical (unpaired) electrons. The van der Waals surface area contributed by atoms with Crippen molar-refractivity contribution in [1.29, 1.82) is 0 Å². The first-order valence-electron chi connectivity index (χ1n) is 10.5. The molecule has 4 aromatic heterocycles. The molecule has 4 rings (SSSR count). The quantitative estimate of drug-likeness (QED) is 0.318. The van der Waals surface area contributed by atoms with Gasteiger partial charge < -0.3 is 9.22 Å². The fourth-order valence-electron chi connectivity index (χ4n) is 5.10. The third-order valence-corrected chi connectivity index (χ3v) is 13.2. The summed E-state index contributed by atoms with van der Waals surface area (Å²) in [5.74, 6) is -0.592. The maximum Gasteiger partial charge on any atom is 0.171 e. The minimum atomic E-state index is -1.85. The summed E-state index contributed by atoms with van der Waals surface area (Å²) in [5, 5.41) is 1.13. The van der Waals surface area contributed by atoms with Gasteiger partial charge in [0.15, 0.2) is 14.1 Å². The zero-order valence-corrected chi connectivity index (χ0v) is 20.5. The highest BCUT2D eigenvalue weighted by Crippen LogP contribution is 2.44. The van der Waals surface area contributed by atoms with E-state index >= 15 is 0 Å². The second-order valence-electron chi connectivity index (χ2n) is 8.73. The number of rotatable bonds is 4. The molecule has 0 amide bonds. The first kappa shape index (κ1) is 23.4. The minimum absolute atomic E-state index is 0.0529. The maximum atomic E-state index is 14.0. The van der Waals surface area contributed by atoms with E-state index in [0.717, 1.165) is 5.65 Å². The van der Waals surface area contributed by atoms with Gasteiger partial charge in [-0.3, -0.25) is 0 Å². The van der Waals surface area contributed by atoms with Crippen molar-refractivity contribution >= 4 is 41.9 Å². The van der Waals surface area contributed by atoms with Gasteiger partial charge >= 0.3 is 0 Å². The standard InChI is InChI=1S/C16H25FN2Si.C7H4ClFN2/c1-11(2)20(12(3)4,13(5)6)19-10-8-14-15(17)7-9-18-16(14)19;8-5-3-11-7-4(6(5)9)1-2-10-7/h7-13H,1-6H3;1-3H,(H,10,11). The van der Waals surface area contributed by atoms with Gasteiger partial charge in [-0.2, -0.15) is 0 Å². The van der Waals surface area contributed by atoms with Crippen molar-refractivity contribution in [3.63, 3.8) is 0 Å². The van der Waals surface area contributed by atoms with Crippen LogP contribution in [0.25, 0.3) is 22.1 Å². The molecule has 4 heterocycles. The van der Waals surface area contributed by atoms with Crippen LogP contribution in [-0.4, -0.2) is 27.4 Å². The SMILES string of the molecule is CC(C)[Si](C(C)C)(C(C)C)n1ccc2c(F)ccnc21.Fc1c(Cl)cnc2[nH]ccc12. The van der Waals surface area contributed by atoms with E-state index in [4.69, 9.17) is 11.6 Å². The van der Waals surface area contributed by atoms with Crippen LogP contribution >= 0.6 is 11.6 Å². The Bertz CT molecular complexity index is 1160. The Morgan fingerprint density at radius 3 is 2.19 bits per heavy atom. The van der Waals surface area contributed by atoms with Crippen molar-refractivity contribution in [2.45, 2.75) is 58.2 Å². The maximum absolute atomic E-state index is 14.0. The lowest BCUT2D eigenvalue weighted by molar-refractivity contribution is 0.638. The molecule has 0 aromatic carbocycles. The number of nitrogens with one attached hydrogen (secondary N) is 1. The van der Waals surface area contributed by atoms with Crippen molar-refractivity contribution < 1.29 is 8.78 Å². The molecule has 1 N–H and O–H groups in total. The number of hydrogen-bond donors (Lipinski definition) is 1. The molecule has 4 nitrogen and oxygen atoms in total. The summed E-state index contributed by atoms with van der Waals surface area (Å²) in [6.45, 7) is 13.8. The fraction of sp³-hybridized carbons (Fsp3) is 0.391. The van der Waals surface area contributed by atoms with E-state index in [-0.39, 0.29) is 10.8 Å². The van der Waals surface area contributed by atoms with E-state index in [2.05, 4.69) is 66.9 Å². The fourth-order valence-corrected chi connectivity index (χ4v) is 11.8. The van der Waals surface area contributed by atoms with E-state index in [1.807, 2.05) is 6.07 Å². The van der Waals surface area contributed by atoms with E-state index in [1.54, 1.807) is 18.5 Å². The number of aromatic amines is 1. The predicted molar refractivity (Wildman–Crippen MR) is 127 cm³/mol. The number of halogens is 3. The number of hydrogen-bond acceptors (Lipinski definition) is 2. The van der Waals surface area contributed by atoms with Gasteiger partial charge in [-0.05, 0) is 41.0 Å². The second-order valence-corrected chi connectivity index (χ2v) is 14.9. The van der Waals surface area contributed by atoms with Gasteiger partial charge in [0.05, 0.1) is 22.0 Å². The lowest BCUT2D eigenvalue weighted by Gasteiger charge is -2.44. The van der Waals surface area contributed by atoms with Crippen LogP contribution in [0, 0.1) is 11.6 Å². The smallest absolute Gasteiger partial charge is 0.171 e. The van der Waals surface area contributed by atoms with Gasteiger partial charge in [0.2, 0.25) is 0 Å². The lowest BCUT2D eigenvalue weighted by atomic mass is 10.3. The molecule has 8 heteroatoms. The van der Waals surface area contributed by atoms with Crippen molar-refractivity contribution in [2.24, 2.45) is 0 Å². The third-order valence-electron chi connectivity index (χ3n) is 6.20. The lowest BCUT2D eigenvalue weighted by Crippen LogP contribution is -2.51. The van der Waals surface area contributed by atoms with Gasteiger partial charge in [-0.1, -0.05) is 53.1 Å². The largest absolute Gasteiger partial charge is 0.358 e. The summed E-state index contributed by atoms with van der Waals surface area (Å²) < 4.78 is 29.3. The molecule has 0 aliphatic carbocycles. The average molecular weight is 463 g/mol. The Balaban J connectivity index is 0.000000207. The van der Waals surface area contributed by atoms with E-state index in [9.17, 15) is 8.78 Å². The monoisotopic (exact) mass is 462 g/mol. The van der Waals surface area contributed by atoms with Gasteiger partial charge in [0, 0.05) is 12.4 Å². The molecule has 0 atom stereocenters. The van der Waals surface area contributed by atoms with E-state index in [1.165, 1.54) is 12.3 Å². The molecule has 0 saturated carbocycles. The molecule has 31 heavy (non-hydrogen) atoms. The van der Waals surface area contributed by atoms with Crippen LogP contribution in [0.1, 0.15) is 41.5 Å². The Morgan fingerprint density at radius 2 is 1.58 bits per heavy atom. The summed E-state index contributed by atoms with van der Waals surface area (Å²) in [7, 11) is -1.85. The summed E-state index contributed by atoms with van der Waals surface area (Å²) in [6.07, 6.45) is 6.55. The summed E-state index contributed by atoms with van der Waals surface area (Å²) in [5.41, 5.74) is 3.05. The predicted octanol–water partition coefficient (Wildman–Crippen LogP) is 7.55. The number of aromatic nitrogens is 4. The zero-order valence-electron chi connectivity index (χ0n) is 18.7. The van der Waals surface area contributed by atoms with Crippen LogP contribution in [0.15, 0.2) is 43.0 Å². The minimum Gasteiger partial charge on any atom is -0.358 e. The second kappa shape index (κ2) is 9.08. The summed E-state index contributed by atoms with van der Waals surface area (Å²) >= 11 is 5.49. The number of fused-ring (bicyclic) bond motifs is 2. The van der Waals surface area contributed by atoms with Gasteiger partial charge in [0.1, 0.15) is 17.1 Å².